The largest absolute Gasteiger partial charge is 0.446 e. The lowest BCUT2D eigenvalue weighted by atomic mass is 9.93. The second kappa shape index (κ2) is 11.0. The Morgan fingerprint density at radius 2 is 2.03 bits per heavy atom. The van der Waals surface area contributed by atoms with Crippen molar-refractivity contribution in [2.24, 2.45) is 0 Å². The molecule has 190 valence electrons. The van der Waals surface area contributed by atoms with Gasteiger partial charge in [-0.3, -0.25) is 9.69 Å². The fraction of sp³-hybridized carbons (Fsp3) is 0.519. The van der Waals surface area contributed by atoms with Crippen molar-refractivity contribution in [1.82, 2.24) is 10.1 Å². The van der Waals surface area contributed by atoms with Crippen LogP contribution in [-0.2, 0) is 16.1 Å². The number of nitrogens with zero attached hydrogens (tertiary/aromatic N) is 4. The maximum atomic E-state index is 13.0. The van der Waals surface area contributed by atoms with E-state index >= 15 is 0 Å². The van der Waals surface area contributed by atoms with Gasteiger partial charge in [0.2, 0.25) is 5.91 Å². The summed E-state index contributed by atoms with van der Waals surface area (Å²) in [5.41, 5.74) is 4.48. The van der Waals surface area contributed by atoms with Crippen LogP contribution in [-0.4, -0.2) is 47.3 Å². The van der Waals surface area contributed by atoms with Crippen LogP contribution in [0, 0.1) is 13.8 Å². The van der Waals surface area contributed by atoms with Gasteiger partial charge in [-0.1, -0.05) is 24.7 Å². The molecule has 1 aromatic carbocycles. The number of hydrogen-bond donors (Lipinski definition) is 0. The standard InChI is InChI=1S/C27H38N4O4/c1-9-22(15-29(10-2)16-24-19(6)28-35-20(24)7)23-11-12-25-26(13-23)30(27(33)34-17(3)4)14-18(5)31(25)21(8)32/h10-13,17-18,22H,2,9,14-16H2,1,3-8H3/t18-,22?/m0/s1. The van der Waals surface area contributed by atoms with E-state index in [1.807, 2.05) is 53.0 Å². The number of hydrogen-bond acceptors (Lipinski definition) is 6. The fourth-order valence-electron chi connectivity index (χ4n) is 4.70. The number of benzene rings is 1. The molecule has 1 aromatic heterocycles. The number of carbonyl (C=O) groups is 2. The summed E-state index contributed by atoms with van der Waals surface area (Å²) >= 11 is 0. The van der Waals surface area contributed by atoms with Gasteiger partial charge in [-0.25, -0.2) is 4.79 Å². The number of amides is 2. The number of rotatable bonds is 8. The molecule has 0 bridgehead atoms. The molecular formula is C27H38N4O4. The molecule has 2 amide bonds. The Kier molecular flexibility index (Phi) is 8.25. The van der Waals surface area contributed by atoms with Gasteiger partial charge in [0.05, 0.1) is 29.2 Å². The Balaban J connectivity index is 1.94. The number of anilines is 2. The van der Waals surface area contributed by atoms with Crippen LogP contribution in [0.1, 0.15) is 69.5 Å². The first-order valence-electron chi connectivity index (χ1n) is 12.3. The molecular weight excluding hydrogens is 444 g/mol. The summed E-state index contributed by atoms with van der Waals surface area (Å²) in [4.78, 5) is 31.0. The highest BCUT2D eigenvalue weighted by Gasteiger charge is 2.35. The van der Waals surface area contributed by atoms with Gasteiger partial charge in [-0.15, -0.1) is 0 Å². The topological polar surface area (TPSA) is 79.1 Å². The molecule has 2 aromatic rings. The highest BCUT2D eigenvalue weighted by atomic mass is 16.6. The van der Waals surface area contributed by atoms with Crippen LogP contribution in [0.4, 0.5) is 16.2 Å². The Morgan fingerprint density at radius 3 is 2.57 bits per heavy atom. The summed E-state index contributed by atoms with van der Waals surface area (Å²) in [5, 5.41) is 4.06. The molecule has 1 aliphatic heterocycles. The predicted octanol–water partition coefficient (Wildman–Crippen LogP) is 5.54. The minimum Gasteiger partial charge on any atom is -0.446 e. The first-order valence-corrected chi connectivity index (χ1v) is 12.3. The van der Waals surface area contributed by atoms with Gasteiger partial charge in [0.1, 0.15) is 5.76 Å². The van der Waals surface area contributed by atoms with Crippen LogP contribution < -0.4 is 9.80 Å². The van der Waals surface area contributed by atoms with E-state index in [-0.39, 0.29) is 24.0 Å². The second-order valence-corrected chi connectivity index (χ2v) is 9.55. The quantitative estimate of drug-likeness (QED) is 0.492. The molecule has 35 heavy (non-hydrogen) atoms. The average Bonchev–Trinajstić information content (AvgIpc) is 3.11. The second-order valence-electron chi connectivity index (χ2n) is 9.55. The molecule has 1 aliphatic rings. The number of aryl methyl sites for hydroxylation is 2. The zero-order chi connectivity index (χ0) is 25.9. The zero-order valence-corrected chi connectivity index (χ0v) is 22.0. The lowest BCUT2D eigenvalue weighted by Gasteiger charge is -2.41. The number of carbonyl (C=O) groups excluding carboxylic acids is 2. The summed E-state index contributed by atoms with van der Waals surface area (Å²) in [6, 6.07) is 5.89. The maximum Gasteiger partial charge on any atom is 0.414 e. The molecule has 0 saturated carbocycles. The lowest BCUT2D eigenvalue weighted by Crippen LogP contribution is -2.51. The van der Waals surface area contributed by atoms with Crippen molar-refractivity contribution in [2.75, 3.05) is 22.9 Å². The van der Waals surface area contributed by atoms with Crippen LogP contribution in [0.5, 0.6) is 0 Å². The summed E-state index contributed by atoms with van der Waals surface area (Å²) in [6.07, 6.45) is 2.11. The number of fused-ring (bicyclic) bond motifs is 1. The van der Waals surface area contributed by atoms with Crippen molar-refractivity contribution in [3.63, 3.8) is 0 Å². The van der Waals surface area contributed by atoms with Crippen LogP contribution in [0.25, 0.3) is 0 Å². The van der Waals surface area contributed by atoms with Gasteiger partial charge < -0.3 is 19.1 Å². The van der Waals surface area contributed by atoms with Gasteiger partial charge in [0, 0.05) is 38.0 Å². The van der Waals surface area contributed by atoms with Gasteiger partial charge in [-0.2, -0.15) is 0 Å². The van der Waals surface area contributed by atoms with Gasteiger partial charge in [0.15, 0.2) is 0 Å². The maximum absolute atomic E-state index is 13.0. The van der Waals surface area contributed by atoms with Gasteiger partial charge >= 0.3 is 6.09 Å². The first-order chi connectivity index (χ1) is 16.6. The first kappa shape index (κ1) is 26.3. The summed E-state index contributed by atoms with van der Waals surface area (Å²) in [6.45, 7) is 19.0. The van der Waals surface area contributed by atoms with E-state index < -0.39 is 6.09 Å². The molecule has 0 radical (unpaired) electrons. The Bertz CT molecular complexity index is 1060. The Labute approximate surface area is 208 Å². The average molecular weight is 483 g/mol. The molecule has 8 heteroatoms. The van der Waals surface area contributed by atoms with Crippen LogP contribution in [0.15, 0.2) is 35.5 Å². The molecule has 0 aliphatic carbocycles. The molecule has 2 heterocycles. The minimum atomic E-state index is -0.396. The SMILES string of the molecule is C=CN(Cc1c(C)noc1C)CC(CC)c1ccc2c(c1)N(C(=O)OC(C)C)C[C@H](C)N2C(C)=O. The van der Waals surface area contributed by atoms with Crippen molar-refractivity contribution >= 4 is 23.4 Å². The van der Waals surface area contributed by atoms with Crippen molar-refractivity contribution < 1.29 is 18.8 Å². The summed E-state index contributed by atoms with van der Waals surface area (Å²) in [5.74, 6) is 0.952. The van der Waals surface area contributed by atoms with Gasteiger partial charge in [0.25, 0.3) is 0 Å². The van der Waals surface area contributed by atoms with Crippen molar-refractivity contribution in [3.05, 3.63) is 53.6 Å². The molecule has 0 spiro atoms. The van der Waals surface area contributed by atoms with Crippen LogP contribution in [0.2, 0.25) is 0 Å². The van der Waals surface area contributed by atoms with Crippen molar-refractivity contribution in [2.45, 2.75) is 79.5 Å². The van der Waals surface area contributed by atoms with E-state index in [2.05, 4.69) is 29.6 Å². The molecule has 0 fully saturated rings. The smallest absolute Gasteiger partial charge is 0.414 e. The van der Waals surface area contributed by atoms with Crippen molar-refractivity contribution in [3.8, 4) is 0 Å². The third kappa shape index (κ3) is 5.69. The molecule has 2 atom stereocenters. The normalized spacial score (nSPS) is 16.2. The molecule has 8 nitrogen and oxygen atoms in total. The third-order valence-corrected chi connectivity index (χ3v) is 6.55. The number of aromatic nitrogens is 1. The number of ether oxygens (including phenoxy) is 1. The third-order valence-electron chi connectivity index (χ3n) is 6.55. The van der Waals surface area contributed by atoms with Gasteiger partial charge in [-0.05, 0) is 64.9 Å². The predicted molar refractivity (Wildman–Crippen MR) is 138 cm³/mol. The highest BCUT2D eigenvalue weighted by Crippen LogP contribution is 2.39. The Hall–Kier alpha value is -3.29. The zero-order valence-electron chi connectivity index (χ0n) is 22.0. The fourth-order valence-corrected chi connectivity index (χ4v) is 4.70. The van der Waals surface area contributed by atoms with E-state index in [0.29, 0.717) is 18.8 Å². The minimum absolute atomic E-state index is 0.0484. The molecule has 0 N–H and O–H groups in total. The highest BCUT2D eigenvalue weighted by molar-refractivity contribution is 6.02. The molecule has 0 saturated heterocycles. The van der Waals surface area contributed by atoms with E-state index in [4.69, 9.17) is 9.26 Å². The summed E-state index contributed by atoms with van der Waals surface area (Å²) in [7, 11) is 0. The van der Waals surface area contributed by atoms with E-state index in [1.165, 1.54) is 0 Å². The molecule has 1 unspecified atom stereocenters. The van der Waals surface area contributed by atoms with E-state index in [9.17, 15) is 9.59 Å². The van der Waals surface area contributed by atoms with E-state index in [1.54, 1.807) is 16.7 Å². The Morgan fingerprint density at radius 1 is 1.31 bits per heavy atom. The molecule has 3 rings (SSSR count). The van der Waals surface area contributed by atoms with Crippen LogP contribution in [0.3, 0.4) is 0 Å². The van der Waals surface area contributed by atoms with Crippen molar-refractivity contribution in [1.29, 1.82) is 0 Å². The van der Waals surface area contributed by atoms with E-state index in [0.717, 1.165) is 41.2 Å². The summed E-state index contributed by atoms with van der Waals surface area (Å²) < 4.78 is 10.9. The lowest BCUT2D eigenvalue weighted by molar-refractivity contribution is -0.117. The monoisotopic (exact) mass is 482 g/mol. The van der Waals surface area contributed by atoms with Crippen LogP contribution >= 0.6 is 0 Å².